The third-order valence-electron chi connectivity index (χ3n) is 2.61. The molecule has 0 aliphatic carbocycles. The monoisotopic (exact) mass is 253 g/mol. The summed E-state index contributed by atoms with van der Waals surface area (Å²) in [5.41, 5.74) is 2.53. The summed E-state index contributed by atoms with van der Waals surface area (Å²) in [7, 11) is 0. The molecule has 2 nitrogen and oxygen atoms in total. The molecule has 0 saturated heterocycles. The van der Waals surface area contributed by atoms with Gasteiger partial charge in [-0.25, -0.2) is 0 Å². The zero-order chi connectivity index (χ0) is 12.5. The molecular weight excluding hydrogens is 234 g/mol. The van der Waals surface area contributed by atoms with E-state index in [-0.39, 0.29) is 5.91 Å². The Kier molecular flexibility index (Phi) is 6.71. The fourth-order valence-electron chi connectivity index (χ4n) is 1.68. The second-order valence-electron chi connectivity index (χ2n) is 4.24. The molecule has 0 bridgehead atoms. The number of benzene rings is 1. The topological polar surface area (TPSA) is 29.1 Å². The van der Waals surface area contributed by atoms with Gasteiger partial charge in [0.05, 0.1) is 0 Å². The second kappa shape index (κ2) is 8.13. The van der Waals surface area contributed by atoms with E-state index in [0.717, 1.165) is 19.3 Å². The summed E-state index contributed by atoms with van der Waals surface area (Å²) in [5.74, 6) is 0.763. The van der Waals surface area contributed by atoms with Crippen molar-refractivity contribution in [1.29, 1.82) is 0 Å². The molecule has 0 unspecified atom stereocenters. The average Bonchev–Trinajstić information content (AvgIpc) is 2.29. The summed E-state index contributed by atoms with van der Waals surface area (Å²) >= 11 is 5.55. The van der Waals surface area contributed by atoms with Gasteiger partial charge < -0.3 is 5.32 Å². The van der Waals surface area contributed by atoms with Gasteiger partial charge in [-0.1, -0.05) is 29.8 Å². The molecule has 0 aromatic heterocycles. The van der Waals surface area contributed by atoms with Crippen molar-refractivity contribution in [3.8, 4) is 0 Å². The minimum atomic E-state index is 0.128. The number of hydrogen-bond acceptors (Lipinski definition) is 1. The molecule has 0 fully saturated rings. The minimum absolute atomic E-state index is 0.128. The molecule has 0 heterocycles. The molecule has 1 amide bonds. The van der Waals surface area contributed by atoms with E-state index < -0.39 is 0 Å². The first-order valence-corrected chi connectivity index (χ1v) is 6.64. The number of hydrogen-bond donors (Lipinski definition) is 1. The van der Waals surface area contributed by atoms with Crippen molar-refractivity contribution in [3.63, 3.8) is 0 Å². The average molecular weight is 254 g/mol. The highest BCUT2D eigenvalue weighted by Crippen LogP contribution is 2.04. The van der Waals surface area contributed by atoms with Crippen molar-refractivity contribution < 1.29 is 4.79 Å². The second-order valence-corrected chi connectivity index (χ2v) is 4.61. The highest BCUT2D eigenvalue weighted by molar-refractivity contribution is 6.17. The maximum absolute atomic E-state index is 11.4. The van der Waals surface area contributed by atoms with E-state index in [1.165, 1.54) is 11.1 Å². The molecule has 94 valence electrons. The standard InChI is InChI=1S/C14H20ClNO/c1-12-5-4-6-13(11-12)8-10-16-14(17)7-2-3-9-15/h4-6,11H,2-3,7-10H2,1H3,(H,16,17). The molecule has 0 saturated carbocycles. The molecule has 0 aliphatic rings. The summed E-state index contributed by atoms with van der Waals surface area (Å²) in [6, 6.07) is 8.37. The third kappa shape index (κ3) is 6.32. The van der Waals surface area contributed by atoms with Crippen LogP contribution >= 0.6 is 11.6 Å². The van der Waals surface area contributed by atoms with E-state index in [9.17, 15) is 4.79 Å². The Labute approximate surface area is 108 Å². The number of amides is 1. The minimum Gasteiger partial charge on any atom is -0.356 e. The number of halogens is 1. The van der Waals surface area contributed by atoms with E-state index in [0.29, 0.717) is 18.8 Å². The maximum Gasteiger partial charge on any atom is 0.220 e. The lowest BCUT2D eigenvalue weighted by molar-refractivity contribution is -0.121. The Morgan fingerprint density at radius 2 is 2.18 bits per heavy atom. The van der Waals surface area contributed by atoms with Crippen LogP contribution in [0.1, 0.15) is 30.4 Å². The van der Waals surface area contributed by atoms with Crippen LogP contribution in [0.2, 0.25) is 0 Å². The van der Waals surface area contributed by atoms with Crippen molar-refractivity contribution in [1.82, 2.24) is 5.32 Å². The van der Waals surface area contributed by atoms with Crippen LogP contribution in [0.3, 0.4) is 0 Å². The van der Waals surface area contributed by atoms with Crippen LogP contribution in [0.25, 0.3) is 0 Å². The molecule has 1 aromatic rings. The Hall–Kier alpha value is -1.02. The first-order valence-electron chi connectivity index (χ1n) is 6.10. The van der Waals surface area contributed by atoms with Crippen molar-refractivity contribution in [2.75, 3.05) is 12.4 Å². The van der Waals surface area contributed by atoms with Crippen molar-refractivity contribution >= 4 is 17.5 Å². The van der Waals surface area contributed by atoms with Crippen LogP contribution in [-0.2, 0) is 11.2 Å². The molecule has 17 heavy (non-hydrogen) atoms. The number of rotatable bonds is 7. The molecular formula is C14H20ClNO. The van der Waals surface area contributed by atoms with Crippen LogP contribution in [0.4, 0.5) is 0 Å². The number of nitrogens with one attached hydrogen (secondary N) is 1. The van der Waals surface area contributed by atoms with Gasteiger partial charge in [0.1, 0.15) is 0 Å². The number of unbranched alkanes of at least 4 members (excludes halogenated alkanes) is 1. The van der Waals surface area contributed by atoms with Gasteiger partial charge in [-0.3, -0.25) is 4.79 Å². The fraction of sp³-hybridized carbons (Fsp3) is 0.500. The number of carbonyl (C=O) groups is 1. The maximum atomic E-state index is 11.4. The number of aryl methyl sites for hydroxylation is 1. The van der Waals surface area contributed by atoms with Gasteiger partial charge in [0, 0.05) is 18.8 Å². The van der Waals surface area contributed by atoms with Crippen LogP contribution in [0.5, 0.6) is 0 Å². The number of carbonyl (C=O) groups excluding carboxylic acids is 1. The van der Waals surface area contributed by atoms with Gasteiger partial charge in [0.15, 0.2) is 0 Å². The predicted octanol–water partition coefficient (Wildman–Crippen LogP) is 3.06. The summed E-state index contributed by atoms with van der Waals surface area (Å²) in [6.45, 7) is 2.79. The molecule has 1 rings (SSSR count). The van der Waals surface area contributed by atoms with Gasteiger partial charge in [-0.05, 0) is 31.7 Å². The van der Waals surface area contributed by atoms with E-state index in [1.807, 2.05) is 6.07 Å². The summed E-state index contributed by atoms with van der Waals surface area (Å²) < 4.78 is 0. The zero-order valence-corrected chi connectivity index (χ0v) is 11.1. The molecule has 3 heteroatoms. The molecule has 1 aromatic carbocycles. The lowest BCUT2D eigenvalue weighted by Crippen LogP contribution is -2.25. The molecule has 0 radical (unpaired) electrons. The normalized spacial score (nSPS) is 10.2. The number of alkyl halides is 1. The smallest absolute Gasteiger partial charge is 0.220 e. The quantitative estimate of drug-likeness (QED) is 0.587. The van der Waals surface area contributed by atoms with Gasteiger partial charge in [-0.15, -0.1) is 11.6 Å². The first kappa shape index (κ1) is 14.0. The van der Waals surface area contributed by atoms with Crippen molar-refractivity contribution in [3.05, 3.63) is 35.4 Å². The molecule has 0 aliphatic heterocycles. The van der Waals surface area contributed by atoms with Crippen molar-refractivity contribution in [2.45, 2.75) is 32.6 Å². The first-order chi connectivity index (χ1) is 8.22. The van der Waals surface area contributed by atoms with Gasteiger partial charge in [-0.2, -0.15) is 0 Å². The third-order valence-corrected chi connectivity index (χ3v) is 2.87. The Bertz CT molecular complexity index is 352. The van der Waals surface area contributed by atoms with Crippen LogP contribution < -0.4 is 5.32 Å². The van der Waals surface area contributed by atoms with Crippen LogP contribution in [0, 0.1) is 6.92 Å². The largest absolute Gasteiger partial charge is 0.356 e. The van der Waals surface area contributed by atoms with Crippen molar-refractivity contribution in [2.24, 2.45) is 0 Å². The Morgan fingerprint density at radius 3 is 2.88 bits per heavy atom. The summed E-state index contributed by atoms with van der Waals surface area (Å²) in [4.78, 5) is 11.4. The lowest BCUT2D eigenvalue weighted by Gasteiger charge is -2.05. The molecule has 0 atom stereocenters. The summed E-state index contributed by atoms with van der Waals surface area (Å²) in [5, 5.41) is 2.93. The van der Waals surface area contributed by atoms with E-state index >= 15 is 0 Å². The zero-order valence-electron chi connectivity index (χ0n) is 10.3. The fourth-order valence-corrected chi connectivity index (χ4v) is 1.87. The Morgan fingerprint density at radius 1 is 1.35 bits per heavy atom. The van der Waals surface area contributed by atoms with E-state index in [4.69, 9.17) is 11.6 Å². The van der Waals surface area contributed by atoms with Gasteiger partial charge in [0.2, 0.25) is 5.91 Å². The highest BCUT2D eigenvalue weighted by Gasteiger charge is 2.00. The van der Waals surface area contributed by atoms with Gasteiger partial charge in [0.25, 0.3) is 0 Å². The Balaban J connectivity index is 2.17. The molecule has 0 spiro atoms. The highest BCUT2D eigenvalue weighted by atomic mass is 35.5. The van der Waals surface area contributed by atoms with E-state index in [1.54, 1.807) is 0 Å². The van der Waals surface area contributed by atoms with Crippen LogP contribution in [-0.4, -0.2) is 18.3 Å². The van der Waals surface area contributed by atoms with Crippen LogP contribution in [0.15, 0.2) is 24.3 Å². The van der Waals surface area contributed by atoms with E-state index in [2.05, 4.69) is 30.4 Å². The summed E-state index contributed by atoms with van der Waals surface area (Å²) in [6.07, 6.45) is 3.26. The lowest BCUT2D eigenvalue weighted by atomic mass is 10.1. The predicted molar refractivity (Wildman–Crippen MR) is 72.5 cm³/mol. The SMILES string of the molecule is Cc1cccc(CCNC(=O)CCCCCl)c1. The molecule has 1 N–H and O–H groups in total. The van der Waals surface area contributed by atoms with Gasteiger partial charge >= 0.3 is 0 Å².